The number of phosphoric acid groups is 1. The quantitative estimate of drug-likeness (QED) is 0.0214. The number of nitrogens with zero attached hydrogens (tertiary/aromatic N) is 1. The van der Waals surface area contributed by atoms with Gasteiger partial charge in [-0.15, -0.1) is 0 Å². The van der Waals surface area contributed by atoms with Crippen LogP contribution in [-0.4, -0.2) is 75.6 Å². The molecule has 0 fully saturated rings. The van der Waals surface area contributed by atoms with E-state index in [-0.39, 0.29) is 25.8 Å². The van der Waals surface area contributed by atoms with Crippen LogP contribution in [0.2, 0.25) is 0 Å². The van der Waals surface area contributed by atoms with Gasteiger partial charge in [-0.25, -0.2) is 4.57 Å². The first-order chi connectivity index (χ1) is 30.6. The fourth-order valence-electron chi connectivity index (χ4n) is 6.10. The lowest BCUT2D eigenvalue weighted by molar-refractivity contribution is -0.870. The molecule has 0 bridgehead atoms. The molecule has 8 nitrogen and oxygen atoms in total. The Kier molecular flexibility index (Phi) is 43.7. The Morgan fingerprint density at radius 2 is 0.873 bits per heavy atom. The van der Waals surface area contributed by atoms with Crippen LogP contribution in [0.3, 0.4) is 0 Å². The van der Waals surface area contributed by atoms with E-state index in [0.29, 0.717) is 24.1 Å². The number of carbonyl (C=O) groups excluding carboxylic acids is 1. The lowest BCUT2D eigenvalue weighted by Crippen LogP contribution is -2.37. The molecular weight excluding hydrogens is 806 g/mol. The molecule has 0 rings (SSSR count). The molecule has 0 saturated heterocycles. The molecular formula is C54H93NO7P+. The number of ether oxygens (including phenoxy) is 2. The highest BCUT2D eigenvalue weighted by atomic mass is 31.2. The van der Waals surface area contributed by atoms with Crippen molar-refractivity contribution in [2.24, 2.45) is 0 Å². The zero-order chi connectivity index (χ0) is 46.2. The number of allylic oxidation sites excluding steroid dienone is 18. The molecule has 0 aliphatic heterocycles. The number of phosphoric ester groups is 1. The van der Waals surface area contributed by atoms with Crippen LogP contribution in [-0.2, 0) is 27.9 Å². The first kappa shape index (κ1) is 60.2. The minimum atomic E-state index is -4.30. The number of quaternary nitrogens is 1. The normalized spacial score (nSPS) is 14.6. The lowest BCUT2D eigenvalue weighted by Gasteiger charge is -2.24. The van der Waals surface area contributed by atoms with Gasteiger partial charge >= 0.3 is 13.8 Å². The van der Waals surface area contributed by atoms with Gasteiger partial charge < -0.3 is 18.9 Å². The Balaban J connectivity index is 4.26. The van der Waals surface area contributed by atoms with Crippen LogP contribution < -0.4 is 0 Å². The highest BCUT2D eigenvalue weighted by molar-refractivity contribution is 7.47. The van der Waals surface area contributed by atoms with Gasteiger partial charge in [0.15, 0.2) is 0 Å². The van der Waals surface area contributed by atoms with E-state index in [1.165, 1.54) is 32.1 Å². The van der Waals surface area contributed by atoms with E-state index in [1.807, 2.05) is 21.1 Å². The summed E-state index contributed by atoms with van der Waals surface area (Å²) in [4.78, 5) is 23.0. The molecule has 2 atom stereocenters. The first-order valence-electron chi connectivity index (χ1n) is 24.6. The number of hydrogen-bond donors (Lipinski definition) is 1. The van der Waals surface area contributed by atoms with Crippen molar-refractivity contribution in [3.05, 3.63) is 109 Å². The smallest absolute Gasteiger partial charge is 0.457 e. The SMILES string of the molecule is CC/C=C\C/C=C\C/C=C\C/C=C\C/C=C\CCCCCCCCOCC(COP(=O)(O)OCC[N+](C)(C)C)OC(=O)CCCCCCCC/C=C\C/C=C\C/C=C\C/C=C\CC. The molecule has 1 N–H and O–H groups in total. The van der Waals surface area contributed by atoms with Gasteiger partial charge in [0.2, 0.25) is 0 Å². The van der Waals surface area contributed by atoms with Crippen molar-refractivity contribution in [1.29, 1.82) is 0 Å². The second-order valence-electron chi connectivity index (χ2n) is 17.1. The Hall–Kier alpha value is -2.84. The minimum Gasteiger partial charge on any atom is -0.457 e. The average molecular weight is 899 g/mol. The molecule has 2 unspecified atom stereocenters. The summed E-state index contributed by atoms with van der Waals surface area (Å²) in [5, 5.41) is 0. The number of hydrogen-bond acceptors (Lipinski definition) is 6. The summed E-state index contributed by atoms with van der Waals surface area (Å²) in [6.45, 7) is 5.31. The highest BCUT2D eigenvalue weighted by Gasteiger charge is 2.26. The molecule has 0 aliphatic rings. The number of carbonyl (C=O) groups is 1. The molecule has 63 heavy (non-hydrogen) atoms. The molecule has 0 aliphatic carbocycles. The van der Waals surface area contributed by atoms with E-state index in [9.17, 15) is 14.3 Å². The Bertz CT molecular complexity index is 1370. The number of rotatable bonds is 44. The maximum absolute atomic E-state index is 12.8. The zero-order valence-corrected chi connectivity index (χ0v) is 41.7. The van der Waals surface area contributed by atoms with Crippen LogP contribution >= 0.6 is 7.82 Å². The summed E-state index contributed by atoms with van der Waals surface area (Å²) in [7, 11) is 1.63. The summed E-state index contributed by atoms with van der Waals surface area (Å²) < 4.78 is 35.1. The second kappa shape index (κ2) is 45.7. The van der Waals surface area contributed by atoms with Gasteiger partial charge in [0.1, 0.15) is 19.3 Å². The third-order valence-electron chi connectivity index (χ3n) is 9.83. The Morgan fingerprint density at radius 3 is 1.30 bits per heavy atom. The van der Waals surface area contributed by atoms with Gasteiger partial charge in [0, 0.05) is 13.0 Å². The summed E-state index contributed by atoms with van der Waals surface area (Å²) in [6, 6.07) is 0. The number of unbranched alkanes of at least 4 members (excludes halogenated alkanes) is 12. The van der Waals surface area contributed by atoms with Gasteiger partial charge in [-0.2, -0.15) is 0 Å². The molecule has 0 amide bonds. The summed E-state index contributed by atoms with van der Waals surface area (Å²) in [6.07, 6.45) is 64.1. The number of likely N-dealkylation sites (N-methyl/N-ethyl adjacent to an activating group) is 1. The molecule has 0 aromatic rings. The zero-order valence-electron chi connectivity index (χ0n) is 40.8. The van der Waals surface area contributed by atoms with Crippen molar-refractivity contribution in [3.63, 3.8) is 0 Å². The maximum atomic E-state index is 12.8. The highest BCUT2D eigenvalue weighted by Crippen LogP contribution is 2.43. The van der Waals surface area contributed by atoms with E-state index in [0.717, 1.165) is 116 Å². The summed E-state index contributed by atoms with van der Waals surface area (Å²) >= 11 is 0. The fourth-order valence-corrected chi connectivity index (χ4v) is 6.84. The van der Waals surface area contributed by atoms with Crippen LogP contribution in [0.25, 0.3) is 0 Å². The van der Waals surface area contributed by atoms with Gasteiger partial charge in [-0.05, 0) is 96.3 Å². The van der Waals surface area contributed by atoms with E-state index >= 15 is 0 Å². The average Bonchev–Trinajstić information content (AvgIpc) is 3.24. The summed E-state index contributed by atoms with van der Waals surface area (Å²) in [5.41, 5.74) is 0. The maximum Gasteiger partial charge on any atom is 0.472 e. The van der Waals surface area contributed by atoms with Crippen LogP contribution in [0.1, 0.15) is 168 Å². The van der Waals surface area contributed by atoms with E-state index in [2.05, 4.69) is 123 Å². The van der Waals surface area contributed by atoms with Crippen LogP contribution in [0.4, 0.5) is 0 Å². The van der Waals surface area contributed by atoms with Gasteiger partial charge in [-0.1, -0.05) is 175 Å². The van der Waals surface area contributed by atoms with Crippen molar-refractivity contribution in [2.75, 3.05) is 54.1 Å². The molecule has 0 spiro atoms. The molecule has 0 radical (unpaired) electrons. The first-order valence-corrected chi connectivity index (χ1v) is 26.1. The monoisotopic (exact) mass is 899 g/mol. The minimum absolute atomic E-state index is 0.0754. The molecule has 9 heteroatoms. The third kappa shape index (κ3) is 50.0. The van der Waals surface area contributed by atoms with Crippen LogP contribution in [0.5, 0.6) is 0 Å². The fraction of sp³-hybridized carbons (Fsp3) is 0.648. The van der Waals surface area contributed by atoms with Crippen molar-refractivity contribution in [2.45, 2.75) is 174 Å². The second-order valence-corrected chi connectivity index (χ2v) is 18.5. The van der Waals surface area contributed by atoms with Crippen molar-refractivity contribution < 1.29 is 37.3 Å². The Morgan fingerprint density at radius 1 is 0.492 bits per heavy atom. The van der Waals surface area contributed by atoms with Crippen LogP contribution in [0, 0.1) is 0 Å². The van der Waals surface area contributed by atoms with Gasteiger partial charge in [0.05, 0.1) is 34.4 Å². The molecule has 360 valence electrons. The third-order valence-corrected chi connectivity index (χ3v) is 10.8. The lowest BCUT2D eigenvalue weighted by atomic mass is 10.1. The molecule has 0 aromatic heterocycles. The van der Waals surface area contributed by atoms with E-state index < -0.39 is 13.9 Å². The molecule has 0 heterocycles. The van der Waals surface area contributed by atoms with Crippen molar-refractivity contribution >= 4 is 13.8 Å². The van der Waals surface area contributed by atoms with E-state index in [1.54, 1.807) is 0 Å². The van der Waals surface area contributed by atoms with Crippen LogP contribution in [0.15, 0.2) is 109 Å². The largest absolute Gasteiger partial charge is 0.472 e. The van der Waals surface area contributed by atoms with Crippen molar-refractivity contribution in [1.82, 2.24) is 0 Å². The molecule has 0 aromatic carbocycles. The van der Waals surface area contributed by atoms with Gasteiger partial charge in [0.25, 0.3) is 0 Å². The van der Waals surface area contributed by atoms with Crippen molar-refractivity contribution in [3.8, 4) is 0 Å². The predicted molar refractivity (Wildman–Crippen MR) is 270 cm³/mol. The Labute approximate surface area is 387 Å². The van der Waals surface area contributed by atoms with E-state index in [4.69, 9.17) is 18.5 Å². The predicted octanol–water partition coefficient (Wildman–Crippen LogP) is 15.2. The number of esters is 1. The molecule has 0 saturated carbocycles. The topological polar surface area (TPSA) is 91.3 Å². The van der Waals surface area contributed by atoms with Gasteiger partial charge in [-0.3, -0.25) is 13.8 Å². The standard InChI is InChI=1S/C54H92NO7P/c1-6-8-10-12-14-16-18-20-22-24-26-27-28-30-32-34-36-38-40-42-44-46-49-59-51-53(52-61-63(57,58)60-50-48-55(3,4)5)62-54(56)47-45-43-41-39-37-35-33-31-29-25-23-21-19-17-15-13-11-9-7-2/h8-11,14-17,20-23,26-27,29-32,53H,6-7,12-13,18-19,24-25,28,33-52H2,1-5H3/p+1/b10-8-,11-9-,16-14-,17-15-,22-20-,23-21-,27-26-,31-29-,32-30-. The summed E-state index contributed by atoms with van der Waals surface area (Å²) in [5.74, 6) is -0.338.